The van der Waals surface area contributed by atoms with Gasteiger partial charge in [-0.2, -0.15) is 0 Å². The van der Waals surface area contributed by atoms with Crippen LogP contribution >= 0.6 is 0 Å². The van der Waals surface area contributed by atoms with E-state index in [0.717, 1.165) is 21.9 Å². The van der Waals surface area contributed by atoms with Gasteiger partial charge in [-0.05, 0) is 41.1 Å². The molecule has 0 bridgehead atoms. The Bertz CT molecular complexity index is 1280. The van der Waals surface area contributed by atoms with Crippen LogP contribution in [0.3, 0.4) is 0 Å². The lowest BCUT2D eigenvalue weighted by atomic mass is 10.0. The quantitative estimate of drug-likeness (QED) is 0.433. The van der Waals surface area contributed by atoms with Gasteiger partial charge in [-0.3, -0.25) is 4.79 Å². The van der Waals surface area contributed by atoms with Gasteiger partial charge in [0.15, 0.2) is 5.58 Å². The minimum absolute atomic E-state index is 0.166. The van der Waals surface area contributed by atoms with Crippen molar-refractivity contribution in [1.29, 1.82) is 0 Å². The van der Waals surface area contributed by atoms with Crippen molar-refractivity contribution < 1.29 is 9.21 Å². The van der Waals surface area contributed by atoms with Crippen LogP contribution in [0.25, 0.3) is 33.3 Å². The Balaban J connectivity index is 1.55. The number of carbonyl (C=O) groups is 1. The number of rotatable bonds is 3. The molecule has 134 valence electrons. The van der Waals surface area contributed by atoms with Crippen molar-refractivity contribution in [2.45, 2.75) is 0 Å². The number of para-hydroxylation sites is 3. The van der Waals surface area contributed by atoms with E-state index in [0.29, 0.717) is 22.7 Å². The third-order valence-corrected chi connectivity index (χ3v) is 4.73. The first-order valence-electron chi connectivity index (χ1n) is 9.04. The van der Waals surface area contributed by atoms with E-state index in [2.05, 4.69) is 10.3 Å². The summed E-state index contributed by atoms with van der Waals surface area (Å²) in [4.78, 5) is 17.6. The average Bonchev–Trinajstić information content (AvgIpc) is 3.18. The molecule has 1 N–H and O–H groups in total. The van der Waals surface area contributed by atoms with Gasteiger partial charge in [-0.15, -0.1) is 0 Å². The van der Waals surface area contributed by atoms with Gasteiger partial charge in [0.25, 0.3) is 5.91 Å². The summed E-state index contributed by atoms with van der Waals surface area (Å²) in [6.07, 6.45) is 0. The van der Waals surface area contributed by atoms with Crippen molar-refractivity contribution in [3.63, 3.8) is 0 Å². The first-order chi connectivity index (χ1) is 13.8. The minimum Gasteiger partial charge on any atom is -0.436 e. The number of hydrogen-bond donors (Lipinski definition) is 1. The van der Waals surface area contributed by atoms with E-state index in [1.807, 2.05) is 91.0 Å². The lowest BCUT2D eigenvalue weighted by molar-refractivity contribution is 0.102. The van der Waals surface area contributed by atoms with Crippen LogP contribution in [-0.2, 0) is 0 Å². The molecular weight excluding hydrogens is 348 g/mol. The van der Waals surface area contributed by atoms with E-state index >= 15 is 0 Å². The van der Waals surface area contributed by atoms with E-state index in [1.165, 1.54) is 0 Å². The molecule has 4 nitrogen and oxygen atoms in total. The molecule has 0 fully saturated rings. The second-order valence-electron chi connectivity index (χ2n) is 6.51. The highest BCUT2D eigenvalue weighted by molar-refractivity contribution is 6.13. The number of fused-ring (bicyclic) bond motifs is 2. The summed E-state index contributed by atoms with van der Waals surface area (Å²) in [6, 6.07) is 28.7. The number of nitrogens with one attached hydrogen (secondary N) is 1. The highest BCUT2D eigenvalue weighted by Gasteiger charge is 2.15. The molecule has 28 heavy (non-hydrogen) atoms. The molecule has 4 heteroatoms. The van der Waals surface area contributed by atoms with Gasteiger partial charge in [-0.25, -0.2) is 4.98 Å². The fourth-order valence-corrected chi connectivity index (χ4v) is 3.38. The second kappa shape index (κ2) is 6.67. The predicted molar refractivity (Wildman–Crippen MR) is 111 cm³/mol. The minimum atomic E-state index is -0.166. The Labute approximate surface area is 161 Å². The molecular formula is C24H16N2O2. The van der Waals surface area contributed by atoms with E-state index in [-0.39, 0.29) is 5.91 Å². The summed E-state index contributed by atoms with van der Waals surface area (Å²) in [7, 11) is 0. The van der Waals surface area contributed by atoms with Crippen LogP contribution in [0.2, 0.25) is 0 Å². The molecule has 0 atom stereocenters. The zero-order chi connectivity index (χ0) is 18.9. The van der Waals surface area contributed by atoms with Crippen molar-refractivity contribution in [2.75, 3.05) is 5.32 Å². The van der Waals surface area contributed by atoms with Gasteiger partial charge in [0.1, 0.15) is 5.52 Å². The molecule has 0 aliphatic heterocycles. The fraction of sp³-hybridized carbons (Fsp3) is 0. The highest BCUT2D eigenvalue weighted by Crippen LogP contribution is 2.30. The Morgan fingerprint density at radius 1 is 0.786 bits per heavy atom. The largest absolute Gasteiger partial charge is 0.436 e. The molecule has 0 radical (unpaired) electrons. The van der Waals surface area contributed by atoms with Crippen molar-refractivity contribution in [1.82, 2.24) is 4.98 Å². The number of amides is 1. The van der Waals surface area contributed by atoms with Gasteiger partial charge in [0, 0.05) is 5.56 Å². The zero-order valence-corrected chi connectivity index (χ0v) is 14.9. The van der Waals surface area contributed by atoms with Crippen LogP contribution < -0.4 is 5.32 Å². The van der Waals surface area contributed by atoms with Gasteiger partial charge < -0.3 is 9.73 Å². The molecule has 0 unspecified atom stereocenters. The summed E-state index contributed by atoms with van der Waals surface area (Å²) >= 11 is 0. The standard InChI is InChI=1S/C24H16N2O2/c27-23(18-12-7-9-16-8-1-2-10-17(16)18)25-20-13-4-3-11-19(20)24-26-21-14-5-6-15-22(21)28-24/h1-15H,(H,25,27). The van der Waals surface area contributed by atoms with Gasteiger partial charge in [0.05, 0.1) is 11.3 Å². The molecule has 1 heterocycles. The molecule has 4 aromatic carbocycles. The van der Waals surface area contributed by atoms with Gasteiger partial charge in [0.2, 0.25) is 5.89 Å². The van der Waals surface area contributed by atoms with Crippen molar-refractivity contribution in [3.05, 3.63) is 96.6 Å². The van der Waals surface area contributed by atoms with Crippen molar-refractivity contribution in [2.24, 2.45) is 0 Å². The molecule has 5 aromatic rings. The first kappa shape index (κ1) is 16.3. The molecule has 0 saturated carbocycles. The average molecular weight is 364 g/mol. The number of oxazole rings is 1. The monoisotopic (exact) mass is 364 g/mol. The molecule has 5 rings (SSSR count). The van der Waals surface area contributed by atoms with Crippen LogP contribution in [-0.4, -0.2) is 10.9 Å². The number of nitrogens with zero attached hydrogens (tertiary/aromatic N) is 1. The van der Waals surface area contributed by atoms with Crippen LogP contribution in [0.4, 0.5) is 5.69 Å². The van der Waals surface area contributed by atoms with Crippen LogP contribution in [0.15, 0.2) is 95.4 Å². The number of aromatic nitrogens is 1. The number of hydrogen-bond acceptors (Lipinski definition) is 3. The van der Waals surface area contributed by atoms with Crippen molar-refractivity contribution >= 4 is 33.5 Å². The topological polar surface area (TPSA) is 55.1 Å². The lowest BCUT2D eigenvalue weighted by Gasteiger charge is -2.10. The zero-order valence-electron chi connectivity index (χ0n) is 14.9. The Kier molecular flexibility index (Phi) is 3.87. The SMILES string of the molecule is O=C(Nc1ccccc1-c1nc2ccccc2o1)c1cccc2ccccc12. The summed E-state index contributed by atoms with van der Waals surface area (Å²) in [5.41, 5.74) is 3.53. The maximum absolute atomic E-state index is 13.0. The van der Waals surface area contributed by atoms with Crippen LogP contribution in [0.5, 0.6) is 0 Å². The molecule has 0 saturated heterocycles. The van der Waals surface area contributed by atoms with Gasteiger partial charge >= 0.3 is 0 Å². The summed E-state index contributed by atoms with van der Waals surface area (Å²) in [5.74, 6) is 0.315. The van der Waals surface area contributed by atoms with Crippen molar-refractivity contribution in [3.8, 4) is 11.5 Å². The predicted octanol–water partition coefficient (Wildman–Crippen LogP) is 5.90. The van der Waals surface area contributed by atoms with Crippen LogP contribution in [0.1, 0.15) is 10.4 Å². The third-order valence-electron chi connectivity index (χ3n) is 4.73. The maximum atomic E-state index is 13.0. The summed E-state index contributed by atoms with van der Waals surface area (Å²) in [5, 5.41) is 4.97. The Morgan fingerprint density at radius 2 is 1.54 bits per heavy atom. The third kappa shape index (κ3) is 2.81. The lowest BCUT2D eigenvalue weighted by Crippen LogP contribution is -2.13. The Hall–Kier alpha value is -3.92. The summed E-state index contributed by atoms with van der Waals surface area (Å²) in [6.45, 7) is 0. The van der Waals surface area contributed by atoms with Crippen LogP contribution in [0, 0.1) is 0 Å². The number of anilines is 1. The van der Waals surface area contributed by atoms with Gasteiger partial charge in [-0.1, -0.05) is 60.7 Å². The molecule has 0 aliphatic carbocycles. The second-order valence-corrected chi connectivity index (χ2v) is 6.51. The van der Waals surface area contributed by atoms with E-state index in [1.54, 1.807) is 0 Å². The number of carbonyl (C=O) groups excluding carboxylic acids is 1. The molecule has 0 spiro atoms. The molecule has 0 aliphatic rings. The van der Waals surface area contributed by atoms with E-state index < -0.39 is 0 Å². The normalized spacial score (nSPS) is 11.0. The van der Waals surface area contributed by atoms with E-state index in [4.69, 9.17) is 4.42 Å². The number of benzene rings is 4. The Morgan fingerprint density at radius 3 is 2.46 bits per heavy atom. The smallest absolute Gasteiger partial charge is 0.256 e. The molecule has 1 amide bonds. The summed E-state index contributed by atoms with van der Waals surface area (Å²) < 4.78 is 5.89. The first-order valence-corrected chi connectivity index (χ1v) is 9.04. The highest BCUT2D eigenvalue weighted by atomic mass is 16.3. The van der Waals surface area contributed by atoms with E-state index in [9.17, 15) is 4.79 Å². The molecule has 1 aromatic heterocycles. The maximum Gasteiger partial charge on any atom is 0.256 e. The fourth-order valence-electron chi connectivity index (χ4n) is 3.38.